The Morgan fingerprint density at radius 3 is 2.64 bits per heavy atom. The SMILES string of the molecule is CCCCCN1CCN(C(=O)NCc2cccc(C)c2)CC1. The molecule has 1 aliphatic rings. The molecule has 1 saturated heterocycles. The number of hydrogen-bond acceptors (Lipinski definition) is 2. The van der Waals surface area contributed by atoms with Crippen molar-refractivity contribution >= 4 is 6.03 Å². The molecule has 0 atom stereocenters. The zero-order chi connectivity index (χ0) is 15.8. The molecule has 1 N–H and O–H groups in total. The lowest BCUT2D eigenvalue weighted by molar-refractivity contribution is 0.138. The van der Waals surface area contributed by atoms with Crippen LogP contribution in [0.3, 0.4) is 0 Å². The Kier molecular flexibility index (Phi) is 6.72. The van der Waals surface area contributed by atoms with Gasteiger partial charge in [-0.25, -0.2) is 4.79 Å². The third kappa shape index (κ3) is 5.34. The first-order chi connectivity index (χ1) is 10.7. The van der Waals surface area contributed by atoms with Crippen LogP contribution in [0.4, 0.5) is 4.79 Å². The molecule has 0 aliphatic carbocycles. The summed E-state index contributed by atoms with van der Waals surface area (Å²) in [4.78, 5) is 16.6. The standard InChI is InChI=1S/C18H29N3O/c1-3-4-5-9-20-10-12-21(13-11-20)18(22)19-15-17-8-6-7-16(2)14-17/h6-8,14H,3-5,9-13,15H2,1-2H3,(H,19,22). The number of benzene rings is 1. The maximum Gasteiger partial charge on any atom is 0.317 e. The molecule has 1 aliphatic heterocycles. The summed E-state index contributed by atoms with van der Waals surface area (Å²) in [5.74, 6) is 0. The van der Waals surface area contributed by atoms with Crippen LogP contribution in [-0.4, -0.2) is 48.6 Å². The predicted octanol–water partition coefficient (Wildman–Crippen LogP) is 3.01. The average molecular weight is 303 g/mol. The minimum Gasteiger partial charge on any atom is -0.334 e. The Bertz CT molecular complexity index is 467. The normalized spacial score (nSPS) is 15.8. The Labute approximate surface area is 134 Å². The third-order valence-corrected chi connectivity index (χ3v) is 4.26. The van der Waals surface area contributed by atoms with E-state index in [-0.39, 0.29) is 6.03 Å². The average Bonchev–Trinajstić information content (AvgIpc) is 2.54. The van der Waals surface area contributed by atoms with Gasteiger partial charge in [-0.3, -0.25) is 4.90 Å². The summed E-state index contributed by atoms with van der Waals surface area (Å²) >= 11 is 0. The summed E-state index contributed by atoms with van der Waals surface area (Å²) in [6.45, 7) is 9.77. The zero-order valence-corrected chi connectivity index (χ0v) is 14.0. The molecule has 1 aromatic carbocycles. The summed E-state index contributed by atoms with van der Waals surface area (Å²) in [5, 5.41) is 3.03. The second-order valence-electron chi connectivity index (χ2n) is 6.18. The fourth-order valence-corrected chi connectivity index (χ4v) is 2.87. The van der Waals surface area contributed by atoms with Gasteiger partial charge in [-0.05, 0) is 25.5 Å². The topological polar surface area (TPSA) is 35.6 Å². The molecular formula is C18H29N3O. The summed E-state index contributed by atoms with van der Waals surface area (Å²) < 4.78 is 0. The highest BCUT2D eigenvalue weighted by molar-refractivity contribution is 5.74. The van der Waals surface area contributed by atoms with Crippen molar-refractivity contribution in [3.63, 3.8) is 0 Å². The molecule has 1 heterocycles. The van der Waals surface area contributed by atoms with Crippen LogP contribution < -0.4 is 5.32 Å². The van der Waals surface area contributed by atoms with Crippen molar-refractivity contribution < 1.29 is 4.79 Å². The van der Waals surface area contributed by atoms with Crippen molar-refractivity contribution in [2.75, 3.05) is 32.7 Å². The van der Waals surface area contributed by atoms with E-state index in [1.807, 2.05) is 11.0 Å². The molecule has 0 bridgehead atoms. The molecule has 0 radical (unpaired) electrons. The van der Waals surface area contributed by atoms with Crippen molar-refractivity contribution in [1.29, 1.82) is 0 Å². The summed E-state index contributed by atoms with van der Waals surface area (Å²) in [6, 6.07) is 8.34. The highest BCUT2D eigenvalue weighted by Gasteiger charge is 2.20. The van der Waals surface area contributed by atoms with E-state index in [1.54, 1.807) is 0 Å². The van der Waals surface area contributed by atoms with E-state index in [0.717, 1.165) is 31.7 Å². The minimum absolute atomic E-state index is 0.0646. The van der Waals surface area contributed by atoms with Crippen LogP contribution in [0.2, 0.25) is 0 Å². The van der Waals surface area contributed by atoms with E-state index in [0.29, 0.717) is 6.54 Å². The lowest BCUT2D eigenvalue weighted by atomic mass is 10.1. The number of urea groups is 1. The predicted molar refractivity (Wildman–Crippen MR) is 91.0 cm³/mol. The molecular weight excluding hydrogens is 274 g/mol. The van der Waals surface area contributed by atoms with E-state index in [4.69, 9.17) is 0 Å². The fraction of sp³-hybridized carbons (Fsp3) is 0.611. The van der Waals surface area contributed by atoms with E-state index in [9.17, 15) is 4.79 Å². The van der Waals surface area contributed by atoms with E-state index in [1.165, 1.54) is 31.4 Å². The van der Waals surface area contributed by atoms with Gasteiger partial charge >= 0.3 is 6.03 Å². The summed E-state index contributed by atoms with van der Waals surface area (Å²) in [6.07, 6.45) is 3.84. The molecule has 2 amide bonds. The first kappa shape index (κ1) is 16.8. The Hall–Kier alpha value is -1.55. The lowest BCUT2D eigenvalue weighted by Crippen LogP contribution is -2.51. The largest absolute Gasteiger partial charge is 0.334 e. The summed E-state index contributed by atoms with van der Waals surface area (Å²) in [5.41, 5.74) is 2.39. The molecule has 2 rings (SSSR count). The van der Waals surface area contributed by atoms with Crippen LogP contribution in [0.15, 0.2) is 24.3 Å². The van der Waals surface area contributed by atoms with Gasteiger partial charge in [-0.2, -0.15) is 0 Å². The molecule has 122 valence electrons. The van der Waals surface area contributed by atoms with Crippen LogP contribution in [-0.2, 0) is 6.54 Å². The van der Waals surface area contributed by atoms with Gasteiger partial charge < -0.3 is 10.2 Å². The minimum atomic E-state index is 0.0646. The van der Waals surface area contributed by atoms with Gasteiger partial charge in [0, 0.05) is 32.7 Å². The number of rotatable bonds is 6. The van der Waals surface area contributed by atoms with Crippen molar-refractivity contribution in [2.24, 2.45) is 0 Å². The van der Waals surface area contributed by atoms with Crippen LogP contribution in [0.1, 0.15) is 37.3 Å². The van der Waals surface area contributed by atoms with Crippen LogP contribution in [0, 0.1) is 6.92 Å². The number of piperazine rings is 1. The van der Waals surface area contributed by atoms with Gasteiger partial charge in [-0.15, -0.1) is 0 Å². The molecule has 0 unspecified atom stereocenters. The molecule has 0 spiro atoms. The molecule has 22 heavy (non-hydrogen) atoms. The van der Waals surface area contributed by atoms with Gasteiger partial charge in [0.05, 0.1) is 0 Å². The van der Waals surface area contributed by atoms with Crippen molar-refractivity contribution in [3.05, 3.63) is 35.4 Å². The number of carbonyl (C=O) groups excluding carboxylic acids is 1. The van der Waals surface area contributed by atoms with E-state index < -0.39 is 0 Å². The zero-order valence-electron chi connectivity index (χ0n) is 14.0. The Balaban J connectivity index is 1.69. The highest BCUT2D eigenvalue weighted by atomic mass is 16.2. The fourth-order valence-electron chi connectivity index (χ4n) is 2.87. The first-order valence-corrected chi connectivity index (χ1v) is 8.49. The number of aryl methyl sites for hydroxylation is 1. The van der Waals surface area contributed by atoms with Crippen LogP contribution in [0.25, 0.3) is 0 Å². The van der Waals surface area contributed by atoms with Crippen LogP contribution in [0.5, 0.6) is 0 Å². The van der Waals surface area contributed by atoms with Gasteiger partial charge in [-0.1, -0.05) is 49.6 Å². The monoisotopic (exact) mass is 303 g/mol. The van der Waals surface area contributed by atoms with Gasteiger partial charge in [0.1, 0.15) is 0 Å². The lowest BCUT2D eigenvalue weighted by Gasteiger charge is -2.34. The number of unbranched alkanes of at least 4 members (excludes halogenated alkanes) is 2. The smallest absolute Gasteiger partial charge is 0.317 e. The van der Waals surface area contributed by atoms with Gasteiger partial charge in [0.2, 0.25) is 0 Å². The van der Waals surface area contributed by atoms with Crippen molar-refractivity contribution in [2.45, 2.75) is 39.7 Å². The van der Waals surface area contributed by atoms with Crippen molar-refractivity contribution in [1.82, 2.24) is 15.1 Å². The van der Waals surface area contributed by atoms with E-state index >= 15 is 0 Å². The summed E-state index contributed by atoms with van der Waals surface area (Å²) in [7, 11) is 0. The number of nitrogens with zero attached hydrogens (tertiary/aromatic N) is 2. The molecule has 0 aromatic heterocycles. The number of carbonyl (C=O) groups is 1. The van der Waals surface area contributed by atoms with Gasteiger partial charge in [0.25, 0.3) is 0 Å². The highest BCUT2D eigenvalue weighted by Crippen LogP contribution is 2.06. The molecule has 0 saturated carbocycles. The Morgan fingerprint density at radius 1 is 1.18 bits per heavy atom. The second kappa shape index (κ2) is 8.79. The quantitative estimate of drug-likeness (QED) is 0.820. The molecule has 4 nitrogen and oxygen atoms in total. The molecule has 4 heteroatoms. The molecule has 1 aromatic rings. The maximum absolute atomic E-state index is 12.2. The second-order valence-corrected chi connectivity index (χ2v) is 6.18. The third-order valence-electron chi connectivity index (χ3n) is 4.26. The molecule has 1 fully saturated rings. The Morgan fingerprint density at radius 2 is 1.95 bits per heavy atom. The number of amides is 2. The number of nitrogens with one attached hydrogen (secondary N) is 1. The number of hydrogen-bond donors (Lipinski definition) is 1. The van der Waals surface area contributed by atoms with Gasteiger partial charge in [0.15, 0.2) is 0 Å². The van der Waals surface area contributed by atoms with E-state index in [2.05, 4.69) is 42.3 Å². The van der Waals surface area contributed by atoms with Crippen molar-refractivity contribution in [3.8, 4) is 0 Å². The first-order valence-electron chi connectivity index (χ1n) is 8.49. The maximum atomic E-state index is 12.2. The van der Waals surface area contributed by atoms with Crippen LogP contribution >= 0.6 is 0 Å².